The van der Waals surface area contributed by atoms with Crippen LogP contribution in [-0.2, 0) is 4.79 Å². The van der Waals surface area contributed by atoms with E-state index in [1.807, 2.05) is 0 Å². The summed E-state index contributed by atoms with van der Waals surface area (Å²) in [6.45, 7) is 0. The van der Waals surface area contributed by atoms with Crippen LogP contribution < -0.4 is 10.6 Å². The summed E-state index contributed by atoms with van der Waals surface area (Å²) in [5.41, 5.74) is 0.0530. The summed E-state index contributed by atoms with van der Waals surface area (Å²) >= 11 is 0. The highest BCUT2D eigenvalue weighted by Gasteiger charge is 2.36. The van der Waals surface area contributed by atoms with Crippen LogP contribution in [0.3, 0.4) is 0 Å². The van der Waals surface area contributed by atoms with Gasteiger partial charge in [-0.15, -0.1) is 0 Å². The average molecular weight is 266 g/mol. The Hall–Kier alpha value is -1.49. The summed E-state index contributed by atoms with van der Waals surface area (Å²) in [6.07, 6.45) is 3.81. The Kier molecular flexibility index (Phi) is 3.22. The number of fused-ring (bicyclic) bond motifs is 2. The van der Waals surface area contributed by atoms with Gasteiger partial charge in [0, 0.05) is 24.1 Å². The van der Waals surface area contributed by atoms with Crippen molar-refractivity contribution >= 4 is 11.6 Å². The van der Waals surface area contributed by atoms with E-state index in [9.17, 15) is 13.6 Å². The van der Waals surface area contributed by atoms with Crippen LogP contribution in [0.4, 0.5) is 14.5 Å². The number of benzene rings is 1. The monoisotopic (exact) mass is 266 g/mol. The predicted molar refractivity (Wildman–Crippen MR) is 67.7 cm³/mol. The zero-order valence-electron chi connectivity index (χ0n) is 10.5. The molecule has 19 heavy (non-hydrogen) atoms. The van der Waals surface area contributed by atoms with Gasteiger partial charge in [0.05, 0.1) is 5.69 Å². The quantitative estimate of drug-likeness (QED) is 0.863. The van der Waals surface area contributed by atoms with Crippen molar-refractivity contribution in [3.05, 3.63) is 29.8 Å². The number of piperidine rings is 1. The van der Waals surface area contributed by atoms with Gasteiger partial charge in [0.25, 0.3) is 0 Å². The third kappa shape index (κ3) is 2.61. The first-order chi connectivity index (χ1) is 9.11. The van der Waals surface area contributed by atoms with Crippen molar-refractivity contribution in [1.29, 1.82) is 0 Å². The number of amides is 1. The van der Waals surface area contributed by atoms with E-state index in [2.05, 4.69) is 10.6 Å². The molecule has 2 unspecified atom stereocenters. The molecule has 5 heteroatoms. The van der Waals surface area contributed by atoms with E-state index in [-0.39, 0.29) is 17.5 Å². The number of nitrogens with one attached hydrogen (secondary N) is 2. The molecular weight excluding hydrogens is 250 g/mol. The molecule has 2 fully saturated rings. The van der Waals surface area contributed by atoms with Gasteiger partial charge in [-0.1, -0.05) is 0 Å². The molecule has 1 aromatic rings. The van der Waals surface area contributed by atoms with Gasteiger partial charge in [-0.3, -0.25) is 4.79 Å². The average Bonchev–Trinajstić information content (AvgIpc) is 2.71. The second-order valence-corrected chi connectivity index (χ2v) is 5.42. The van der Waals surface area contributed by atoms with Crippen LogP contribution in [-0.4, -0.2) is 18.0 Å². The van der Waals surface area contributed by atoms with Crippen molar-refractivity contribution in [3.8, 4) is 0 Å². The van der Waals surface area contributed by atoms with E-state index in [1.165, 1.54) is 6.07 Å². The lowest BCUT2D eigenvalue weighted by molar-refractivity contribution is -0.121. The number of carbonyl (C=O) groups excluding carboxylic acids is 1. The van der Waals surface area contributed by atoms with Crippen molar-refractivity contribution in [2.45, 2.75) is 37.8 Å². The minimum Gasteiger partial charge on any atom is -0.323 e. The molecule has 2 aliphatic rings. The van der Waals surface area contributed by atoms with E-state index in [4.69, 9.17) is 0 Å². The largest absolute Gasteiger partial charge is 0.323 e. The third-order valence-corrected chi connectivity index (χ3v) is 4.03. The molecular formula is C14H16F2N2O. The van der Waals surface area contributed by atoms with Gasteiger partial charge in [0.1, 0.15) is 11.6 Å². The van der Waals surface area contributed by atoms with Gasteiger partial charge >= 0.3 is 0 Å². The van der Waals surface area contributed by atoms with Gasteiger partial charge in [-0.05, 0) is 37.8 Å². The molecule has 2 bridgehead atoms. The first kappa shape index (κ1) is 12.5. The lowest BCUT2D eigenvalue weighted by Gasteiger charge is -2.28. The molecule has 3 atom stereocenters. The molecule has 0 spiro atoms. The smallest absolute Gasteiger partial charge is 0.227 e. The summed E-state index contributed by atoms with van der Waals surface area (Å²) in [4.78, 5) is 12.1. The maximum Gasteiger partial charge on any atom is 0.227 e. The van der Waals surface area contributed by atoms with Crippen molar-refractivity contribution < 1.29 is 13.6 Å². The van der Waals surface area contributed by atoms with E-state index in [0.717, 1.165) is 37.8 Å². The van der Waals surface area contributed by atoms with Gasteiger partial charge < -0.3 is 10.6 Å². The first-order valence-corrected chi connectivity index (χ1v) is 6.64. The highest BCUT2D eigenvalue weighted by Crippen LogP contribution is 2.31. The maximum absolute atomic E-state index is 13.5. The number of hydrogen-bond acceptors (Lipinski definition) is 2. The molecule has 0 radical (unpaired) electrons. The van der Waals surface area contributed by atoms with Gasteiger partial charge in [-0.2, -0.15) is 0 Å². The molecule has 2 saturated heterocycles. The van der Waals surface area contributed by atoms with Gasteiger partial charge in [-0.25, -0.2) is 8.78 Å². The fraction of sp³-hybridized carbons (Fsp3) is 0.500. The van der Waals surface area contributed by atoms with Crippen LogP contribution in [0.15, 0.2) is 18.2 Å². The molecule has 3 nitrogen and oxygen atoms in total. The number of rotatable bonds is 2. The van der Waals surface area contributed by atoms with Gasteiger partial charge in [0.15, 0.2) is 0 Å². The van der Waals surface area contributed by atoms with Crippen LogP contribution in [0.25, 0.3) is 0 Å². The fourth-order valence-corrected chi connectivity index (χ4v) is 3.10. The Labute approximate surface area is 110 Å². The number of hydrogen-bond donors (Lipinski definition) is 2. The Morgan fingerprint density at radius 1 is 1.21 bits per heavy atom. The molecule has 0 aliphatic carbocycles. The Morgan fingerprint density at radius 3 is 2.53 bits per heavy atom. The summed E-state index contributed by atoms with van der Waals surface area (Å²) in [7, 11) is 0. The molecule has 0 aromatic heterocycles. The van der Waals surface area contributed by atoms with Crippen LogP contribution in [0.5, 0.6) is 0 Å². The SMILES string of the molecule is O=C(Nc1ccc(F)cc1F)C1CC2CC[C@@H](C1)N2. The highest BCUT2D eigenvalue weighted by molar-refractivity contribution is 5.92. The Balaban J connectivity index is 1.68. The van der Waals surface area contributed by atoms with Crippen LogP contribution >= 0.6 is 0 Å². The molecule has 102 valence electrons. The Bertz CT molecular complexity index is 494. The van der Waals surface area contributed by atoms with Crippen molar-refractivity contribution in [2.24, 2.45) is 5.92 Å². The lowest BCUT2D eigenvalue weighted by Crippen LogP contribution is -2.42. The second kappa shape index (κ2) is 4.89. The number of anilines is 1. The van der Waals surface area contributed by atoms with Crippen molar-refractivity contribution in [3.63, 3.8) is 0 Å². The van der Waals surface area contributed by atoms with Crippen LogP contribution in [0, 0.1) is 17.6 Å². The second-order valence-electron chi connectivity index (χ2n) is 5.42. The van der Waals surface area contributed by atoms with Gasteiger partial charge in [0.2, 0.25) is 5.91 Å². The summed E-state index contributed by atoms with van der Waals surface area (Å²) in [6, 6.07) is 4.00. The number of halogens is 2. The highest BCUT2D eigenvalue weighted by atomic mass is 19.1. The normalized spacial score (nSPS) is 29.3. The molecule has 0 saturated carbocycles. The predicted octanol–water partition coefficient (Wildman–Crippen LogP) is 2.43. The van der Waals surface area contributed by atoms with Crippen molar-refractivity contribution in [1.82, 2.24) is 5.32 Å². The summed E-state index contributed by atoms with van der Waals surface area (Å²) in [5, 5.41) is 6.02. The van der Waals surface area contributed by atoms with E-state index in [0.29, 0.717) is 12.1 Å². The number of carbonyl (C=O) groups is 1. The summed E-state index contributed by atoms with van der Waals surface area (Å²) in [5.74, 6) is -1.62. The molecule has 1 aromatic carbocycles. The Morgan fingerprint density at radius 2 is 1.89 bits per heavy atom. The minimum absolute atomic E-state index is 0.0530. The van der Waals surface area contributed by atoms with E-state index >= 15 is 0 Å². The van der Waals surface area contributed by atoms with E-state index in [1.54, 1.807) is 0 Å². The molecule has 3 rings (SSSR count). The molecule has 2 heterocycles. The standard InChI is InChI=1S/C14H16F2N2O/c15-9-1-4-13(12(16)7-9)18-14(19)8-5-10-2-3-11(6-8)17-10/h1,4,7-8,10-11,17H,2-3,5-6H2,(H,18,19)/t8?,10-,11?/m0/s1. The fourth-order valence-electron chi connectivity index (χ4n) is 3.10. The zero-order chi connectivity index (χ0) is 13.4. The third-order valence-electron chi connectivity index (χ3n) is 4.03. The zero-order valence-corrected chi connectivity index (χ0v) is 10.5. The molecule has 2 aliphatic heterocycles. The molecule has 2 N–H and O–H groups in total. The topological polar surface area (TPSA) is 41.1 Å². The van der Waals surface area contributed by atoms with Crippen LogP contribution in [0.2, 0.25) is 0 Å². The summed E-state index contributed by atoms with van der Waals surface area (Å²) < 4.78 is 26.3. The first-order valence-electron chi connectivity index (χ1n) is 6.64. The maximum atomic E-state index is 13.5. The van der Waals surface area contributed by atoms with Crippen molar-refractivity contribution in [2.75, 3.05) is 5.32 Å². The minimum atomic E-state index is -0.731. The van der Waals surface area contributed by atoms with E-state index < -0.39 is 11.6 Å². The van der Waals surface area contributed by atoms with Crippen LogP contribution in [0.1, 0.15) is 25.7 Å². The molecule has 1 amide bonds. The lowest BCUT2D eigenvalue weighted by atomic mass is 9.91.